The molecule has 1 N–H and O–H groups in total. The zero-order valence-corrected chi connectivity index (χ0v) is 11.4. The van der Waals surface area contributed by atoms with Crippen LogP contribution in [0.4, 0.5) is 0 Å². The molecule has 0 amide bonds. The van der Waals surface area contributed by atoms with Gasteiger partial charge in [0.2, 0.25) is 0 Å². The third-order valence-corrected chi connectivity index (χ3v) is 4.57. The molecule has 3 heterocycles. The highest BCUT2D eigenvalue weighted by atomic mass is 35.5. The van der Waals surface area contributed by atoms with Crippen molar-refractivity contribution in [1.82, 2.24) is 15.2 Å². The highest BCUT2D eigenvalue weighted by Crippen LogP contribution is 2.26. The Hall–Kier alpha value is -0.640. The van der Waals surface area contributed by atoms with Gasteiger partial charge in [0, 0.05) is 31.5 Å². The predicted octanol–water partition coefficient (Wildman–Crippen LogP) is 2.31. The number of halogens is 1. The van der Waals surface area contributed by atoms with E-state index < -0.39 is 0 Å². The standard InChI is InChI=1S/C14H20ClN3/c15-13-8-16-6-3-11(13)9-18-7-4-14-12(10-18)2-1-5-17-14/h3,6,8,12,14,17H,1-2,4-5,7,9-10H2. The van der Waals surface area contributed by atoms with Crippen molar-refractivity contribution < 1.29 is 0 Å². The largest absolute Gasteiger partial charge is 0.314 e. The first-order valence-electron chi connectivity index (χ1n) is 6.87. The van der Waals surface area contributed by atoms with Crippen LogP contribution in [-0.4, -0.2) is 35.6 Å². The zero-order valence-electron chi connectivity index (χ0n) is 10.6. The van der Waals surface area contributed by atoms with Crippen molar-refractivity contribution in [3.8, 4) is 0 Å². The van der Waals surface area contributed by atoms with E-state index in [-0.39, 0.29) is 0 Å². The third-order valence-electron chi connectivity index (χ3n) is 4.23. The number of aromatic nitrogens is 1. The van der Waals surface area contributed by atoms with Gasteiger partial charge in [0.1, 0.15) is 0 Å². The van der Waals surface area contributed by atoms with Crippen molar-refractivity contribution in [2.75, 3.05) is 19.6 Å². The van der Waals surface area contributed by atoms with Crippen LogP contribution in [0.5, 0.6) is 0 Å². The predicted molar refractivity (Wildman–Crippen MR) is 73.7 cm³/mol. The normalized spacial score (nSPS) is 28.9. The van der Waals surface area contributed by atoms with Gasteiger partial charge in [-0.15, -0.1) is 0 Å². The van der Waals surface area contributed by atoms with E-state index in [4.69, 9.17) is 11.6 Å². The molecule has 0 saturated carbocycles. The number of hydrogen-bond donors (Lipinski definition) is 1. The fourth-order valence-electron chi connectivity index (χ4n) is 3.24. The molecule has 2 unspecified atom stereocenters. The topological polar surface area (TPSA) is 28.2 Å². The first-order chi connectivity index (χ1) is 8.83. The van der Waals surface area contributed by atoms with E-state index in [2.05, 4.69) is 15.2 Å². The van der Waals surface area contributed by atoms with Crippen LogP contribution < -0.4 is 5.32 Å². The smallest absolute Gasteiger partial charge is 0.0634 e. The minimum atomic E-state index is 0.753. The highest BCUT2D eigenvalue weighted by molar-refractivity contribution is 6.31. The van der Waals surface area contributed by atoms with Gasteiger partial charge in [-0.2, -0.15) is 0 Å². The van der Waals surface area contributed by atoms with Gasteiger partial charge in [-0.05, 0) is 49.9 Å². The zero-order chi connectivity index (χ0) is 12.4. The number of nitrogens with one attached hydrogen (secondary N) is 1. The second-order valence-corrected chi connectivity index (χ2v) is 5.86. The Labute approximate surface area is 114 Å². The summed E-state index contributed by atoms with van der Waals surface area (Å²) in [5.74, 6) is 0.827. The molecule has 2 saturated heterocycles. The van der Waals surface area contributed by atoms with Gasteiger partial charge in [-0.1, -0.05) is 11.6 Å². The van der Waals surface area contributed by atoms with Gasteiger partial charge in [0.05, 0.1) is 5.02 Å². The summed E-state index contributed by atoms with van der Waals surface area (Å²) < 4.78 is 0. The first-order valence-corrected chi connectivity index (χ1v) is 7.25. The molecular weight excluding hydrogens is 246 g/mol. The van der Waals surface area contributed by atoms with Crippen LogP contribution >= 0.6 is 11.6 Å². The maximum atomic E-state index is 6.18. The molecule has 0 bridgehead atoms. The lowest BCUT2D eigenvalue weighted by molar-refractivity contribution is 0.109. The molecule has 98 valence electrons. The van der Waals surface area contributed by atoms with E-state index in [0.29, 0.717) is 0 Å². The highest BCUT2D eigenvalue weighted by Gasteiger charge is 2.30. The van der Waals surface area contributed by atoms with Crippen molar-refractivity contribution in [3.05, 3.63) is 29.0 Å². The molecule has 0 radical (unpaired) electrons. The summed E-state index contributed by atoms with van der Waals surface area (Å²) in [6, 6.07) is 2.79. The minimum Gasteiger partial charge on any atom is -0.314 e. The second-order valence-electron chi connectivity index (χ2n) is 5.45. The van der Waals surface area contributed by atoms with Crippen molar-refractivity contribution in [2.45, 2.75) is 31.8 Å². The van der Waals surface area contributed by atoms with E-state index in [0.717, 1.165) is 23.5 Å². The number of piperidine rings is 2. The molecule has 1 aromatic heterocycles. The summed E-state index contributed by atoms with van der Waals surface area (Å²) in [4.78, 5) is 6.58. The lowest BCUT2D eigenvalue weighted by Crippen LogP contribution is -2.51. The molecule has 3 rings (SSSR count). The third kappa shape index (κ3) is 2.68. The Kier molecular flexibility index (Phi) is 3.83. The fraction of sp³-hybridized carbons (Fsp3) is 0.643. The number of fused-ring (bicyclic) bond motifs is 1. The Morgan fingerprint density at radius 2 is 2.39 bits per heavy atom. The molecule has 18 heavy (non-hydrogen) atoms. The van der Waals surface area contributed by atoms with Crippen LogP contribution in [0.1, 0.15) is 24.8 Å². The number of hydrogen-bond acceptors (Lipinski definition) is 3. The molecular formula is C14H20ClN3. The second kappa shape index (κ2) is 5.55. The summed E-state index contributed by atoms with van der Waals surface area (Å²) in [6.45, 7) is 4.55. The van der Waals surface area contributed by atoms with Crippen LogP contribution in [0.15, 0.2) is 18.5 Å². The minimum absolute atomic E-state index is 0.753. The SMILES string of the molecule is Clc1cnccc1CN1CCC2NCCCC2C1. The quantitative estimate of drug-likeness (QED) is 0.890. The molecule has 4 heteroatoms. The molecule has 2 aliphatic heterocycles. The molecule has 2 atom stereocenters. The maximum Gasteiger partial charge on any atom is 0.0634 e. The van der Waals surface area contributed by atoms with Crippen molar-refractivity contribution in [1.29, 1.82) is 0 Å². The van der Waals surface area contributed by atoms with Crippen LogP contribution in [0.3, 0.4) is 0 Å². The van der Waals surface area contributed by atoms with Gasteiger partial charge in [0.15, 0.2) is 0 Å². The summed E-state index contributed by atoms with van der Waals surface area (Å²) in [6.07, 6.45) is 7.54. The Balaban J connectivity index is 1.63. The summed E-state index contributed by atoms with van der Waals surface area (Å²) in [5, 5.41) is 4.45. The molecule has 0 aromatic carbocycles. The van der Waals surface area contributed by atoms with Crippen LogP contribution in [0.25, 0.3) is 0 Å². The molecule has 0 aliphatic carbocycles. The summed E-state index contributed by atoms with van der Waals surface area (Å²) >= 11 is 6.18. The van der Waals surface area contributed by atoms with Gasteiger partial charge in [-0.25, -0.2) is 0 Å². The van der Waals surface area contributed by atoms with E-state index in [1.54, 1.807) is 6.20 Å². The van der Waals surface area contributed by atoms with Gasteiger partial charge in [0.25, 0.3) is 0 Å². The van der Waals surface area contributed by atoms with Crippen molar-refractivity contribution in [3.63, 3.8) is 0 Å². The fourth-order valence-corrected chi connectivity index (χ4v) is 3.42. The molecule has 3 nitrogen and oxygen atoms in total. The van der Waals surface area contributed by atoms with Crippen molar-refractivity contribution in [2.24, 2.45) is 5.92 Å². The van der Waals surface area contributed by atoms with Gasteiger partial charge in [-0.3, -0.25) is 9.88 Å². The summed E-state index contributed by atoms with van der Waals surface area (Å²) in [7, 11) is 0. The van der Waals surface area contributed by atoms with Crippen LogP contribution in [0.2, 0.25) is 5.02 Å². The van der Waals surface area contributed by atoms with Crippen LogP contribution in [0, 0.1) is 5.92 Å². The molecule has 2 aliphatic rings. The van der Waals surface area contributed by atoms with Gasteiger partial charge < -0.3 is 5.32 Å². The lowest BCUT2D eigenvalue weighted by atomic mass is 9.85. The number of pyridine rings is 1. The Bertz CT molecular complexity index is 410. The van der Waals surface area contributed by atoms with E-state index in [1.165, 1.54) is 44.5 Å². The van der Waals surface area contributed by atoms with Crippen LogP contribution in [-0.2, 0) is 6.54 Å². The van der Waals surface area contributed by atoms with E-state index >= 15 is 0 Å². The Morgan fingerprint density at radius 3 is 3.28 bits per heavy atom. The molecule has 0 spiro atoms. The average molecular weight is 266 g/mol. The maximum absolute atomic E-state index is 6.18. The number of rotatable bonds is 2. The summed E-state index contributed by atoms with van der Waals surface area (Å²) in [5.41, 5.74) is 1.20. The lowest BCUT2D eigenvalue weighted by Gasteiger charge is -2.41. The average Bonchev–Trinajstić information content (AvgIpc) is 2.41. The number of likely N-dealkylation sites (tertiary alicyclic amines) is 1. The van der Waals surface area contributed by atoms with Gasteiger partial charge >= 0.3 is 0 Å². The van der Waals surface area contributed by atoms with E-state index in [9.17, 15) is 0 Å². The van der Waals surface area contributed by atoms with E-state index in [1.807, 2.05) is 12.3 Å². The monoisotopic (exact) mass is 265 g/mol. The Morgan fingerprint density at radius 1 is 1.44 bits per heavy atom. The molecule has 1 aromatic rings. The molecule has 2 fully saturated rings. The number of nitrogens with zero attached hydrogens (tertiary/aromatic N) is 2. The first kappa shape index (κ1) is 12.4. The van der Waals surface area contributed by atoms with Crippen molar-refractivity contribution >= 4 is 11.6 Å².